The van der Waals surface area contributed by atoms with Crippen molar-refractivity contribution in [3.05, 3.63) is 95.3 Å². The fraction of sp³-hybridized carbons (Fsp3) is 0.324. The van der Waals surface area contributed by atoms with Crippen LogP contribution in [0.25, 0.3) is 33.7 Å². The molecular formula is C37H41N3O2. The first-order chi connectivity index (χ1) is 19.6. The van der Waals surface area contributed by atoms with E-state index < -0.39 is 0 Å². The van der Waals surface area contributed by atoms with Crippen molar-refractivity contribution in [2.24, 2.45) is 4.99 Å². The predicted molar refractivity (Wildman–Crippen MR) is 174 cm³/mol. The Labute approximate surface area is 249 Å². The molecule has 1 N–H and O–H groups in total. The molecule has 42 heavy (non-hydrogen) atoms. The Bertz CT molecular complexity index is 1780. The molecule has 0 bridgehead atoms. The van der Waals surface area contributed by atoms with Gasteiger partial charge in [0.25, 0.3) is 0 Å². The van der Waals surface area contributed by atoms with Gasteiger partial charge in [-0.3, -0.25) is 9.98 Å². The van der Waals surface area contributed by atoms with Gasteiger partial charge in [-0.25, -0.2) is 4.98 Å². The third kappa shape index (κ3) is 5.87. The van der Waals surface area contributed by atoms with Crippen molar-refractivity contribution in [1.82, 2.24) is 9.97 Å². The lowest BCUT2D eigenvalue weighted by atomic mass is 9.79. The molecule has 5 aromatic rings. The van der Waals surface area contributed by atoms with Gasteiger partial charge in [0.2, 0.25) is 5.89 Å². The number of aromatic nitrogens is 2. The molecule has 0 atom stereocenters. The Balaban J connectivity index is 1.64. The molecule has 0 fully saturated rings. The van der Waals surface area contributed by atoms with Crippen LogP contribution in [0.3, 0.4) is 0 Å². The van der Waals surface area contributed by atoms with Crippen LogP contribution in [0.15, 0.2) is 82.5 Å². The van der Waals surface area contributed by atoms with E-state index in [0.717, 1.165) is 44.5 Å². The van der Waals surface area contributed by atoms with E-state index in [1.165, 1.54) is 0 Å². The average molecular weight is 560 g/mol. The fourth-order valence-electron chi connectivity index (χ4n) is 4.99. The van der Waals surface area contributed by atoms with Gasteiger partial charge in [-0.1, -0.05) is 86.6 Å². The molecular weight excluding hydrogens is 518 g/mol. The standard InChI is InChI=1S/C37H41N3O2/c1-35(2,3)25-17-24(33(41)29(19-25)37(7,8)9)22-39-30-15-11-10-14-27(30)34-40-32-28(23-13-12-16-38-21-23)18-26(36(4,5)6)20-31(32)42-34/h10-22,41H,1-9H3. The van der Waals surface area contributed by atoms with Crippen molar-refractivity contribution in [2.75, 3.05) is 0 Å². The predicted octanol–water partition coefficient (Wildman–Crippen LogP) is 9.91. The Morgan fingerprint density at radius 3 is 2.10 bits per heavy atom. The first-order valence-electron chi connectivity index (χ1n) is 14.5. The molecule has 0 unspecified atom stereocenters. The molecule has 0 aliphatic carbocycles. The van der Waals surface area contributed by atoms with E-state index in [-0.39, 0.29) is 22.0 Å². The normalized spacial score (nSPS) is 12.9. The number of oxazole rings is 1. The van der Waals surface area contributed by atoms with Crippen molar-refractivity contribution in [1.29, 1.82) is 0 Å². The van der Waals surface area contributed by atoms with E-state index in [0.29, 0.717) is 17.1 Å². The number of phenolic OH excluding ortho intramolecular Hbond substituents is 1. The first-order valence-corrected chi connectivity index (χ1v) is 14.5. The number of benzene rings is 3. The van der Waals surface area contributed by atoms with Crippen LogP contribution in [-0.2, 0) is 16.2 Å². The quantitative estimate of drug-likeness (QED) is 0.222. The van der Waals surface area contributed by atoms with Gasteiger partial charge in [0.05, 0.1) is 11.3 Å². The van der Waals surface area contributed by atoms with E-state index in [9.17, 15) is 5.11 Å². The largest absolute Gasteiger partial charge is 0.507 e. The number of hydrogen-bond acceptors (Lipinski definition) is 5. The number of aliphatic imine (C=N–C) groups is 1. The summed E-state index contributed by atoms with van der Waals surface area (Å²) in [7, 11) is 0. The number of fused-ring (bicyclic) bond motifs is 1. The van der Waals surface area contributed by atoms with Crippen LogP contribution in [-0.4, -0.2) is 21.3 Å². The number of aromatic hydroxyl groups is 1. The fourth-order valence-corrected chi connectivity index (χ4v) is 4.99. The van der Waals surface area contributed by atoms with Crippen molar-refractivity contribution in [3.63, 3.8) is 0 Å². The molecule has 5 nitrogen and oxygen atoms in total. The van der Waals surface area contributed by atoms with Gasteiger partial charge < -0.3 is 9.52 Å². The molecule has 0 spiro atoms. The van der Waals surface area contributed by atoms with Crippen molar-refractivity contribution in [3.8, 4) is 28.3 Å². The van der Waals surface area contributed by atoms with Crippen LogP contribution in [0, 0.1) is 0 Å². The smallest absolute Gasteiger partial charge is 0.229 e. The molecule has 0 aliphatic rings. The van der Waals surface area contributed by atoms with Crippen LogP contribution in [0.2, 0.25) is 0 Å². The third-order valence-electron chi connectivity index (χ3n) is 7.62. The zero-order chi connectivity index (χ0) is 30.4. The Morgan fingerprint density at radius 1 is 0.762 bits per heavy atom. The number of pyridine rings is 1. The number of hydrogen-bond donors (Lipinski definition) is 1. The van der Waals surface area contributed by atoms with Gasteiger partial charge in [0.1, 0.15) is 11.3 Å². The molecule has 0 saturated carbocycles. The van der Waals surface area contributed by atoms with Gasteiger partial charge in [-0.2, -0.15) is 0 Å². The highest BCUT2D eigenvalue weighted by atomic mass is 16.3. The summed E-state index contributed by atoms with van der Waals surface area (Å²) >= 11 is 0. The lowest BCUT2D eigenvalue weighted by molar-refractivity contribution is 0.444. The summed E-state index contributed by atoms with van der Waals surface area (Å²) in [5.41, 5.74) is 8.50. The van der Waals surface area contributed by atoms with Crippen LogP contribution in [0.5, 0.6) is 5.75 Å². The third-order valence-corrected chi connectivity index (χ3v) is 7.62. The summed E-state index contributed by atoms with van der Waals surface area (Å²) in [6, 6.07) is 20.2. The Morgan fingerprint density at radius 2 is 1.45 bits per heavy atom. The van der Waals surface area contributed by atoms with E-state index in [4.69, 9.17) is 14.4 Å². The molecule has 2 aromatic heterocycles. The monoisotopic (exact) mass is 559 g/mol. The maximum atomic E-state index is 11.3. The molecule has 0 saturated heterocycles. The highest BCUT2D eigenvalue weighted by molar-refractivity contribution is 5.94. The summed E-state index contributed by atoms with van der Waals surface area (Å²) in [6.45, 7) is 19.5. The lowest BCUT2D eigenvalue weighted by Gasteiger charge is -2.27. The van der Waals surface area contributed by atoms with Crippen molar-refractivity contribution < 1.29 is 9.52 Å². The SMILES string of the molecule is CC(C)(C)c1cc(C=Nc2ccccc2-c2nc3c(-c4cccnc4)cc(C(C)(C)C)cc3o2)c(O)c(C(C)(C)C)c1. The Kier molecular flexibility index (Phi) is 7.34. The summed E-state index contributed by atoms with van der Waals surface area (Å²) in [6.07, 6.45) is 5.38. The van der Waals surface area contributed by atoms with Crippen LogP contribution in [0.4, 0.5) is 5.69 Å². The maximum Gasteiger partial charge on any atom is 0.229 e. The molecule has 5 heteroatoms. The first kappa shape index (κ1) is 29.2. The van der Waals surface area contributed by atoms with E-state index in [1.807, 2.05) is 48.7 Å². The number of phenols is 1. The lowest BCUT2D eigenvalue weighted by Crippen LogP contribution is -2.17. The summed E-state index contributed by atoms with van der Waals surface area (Å²) in [5, 5.41) is 11.3. The molecule has 3 aromatic carbocycles. The van der Waals surface area contributed by atoms with E-state index in [2.05, 4.69) is 85.5 Å². The summed E-state index contributed by atoms with van der Waals surface area (Å²) in [5.74, 6) is 0.756. The highest BCUT2D eigenvalue weighted by Gasteiger charge is 2.25. The van der Waals surface area contributed by atoms with Crippen LogP contribution in [0.1, 0.15) is 84.6 Å². The minimum absolute atomic E-state index is 0.0736. The van der Waals surface area contributed by atoms with Gasteiger partial charge in [-0.05, 0) is 63.8 Å². The number of nitrogens with zero attached hydrogens (tertiary/aromatic N) is 3. The molecule has 216 valence electrons. The van der Waals surface area contributed by atoms with Gasteiger partial charge in [0.15, 0.2) is 5.58 Å². The number of para-hydroxylation sites is 1. The maximum absolute atomic E-state index is 11.3. The summed E-state index contributed by atoms with van der Waals surface area (Å²) < 4.78 is 6.44. The van der Waals surface area contributed by atoms with Crippen molar-refractivity contribution in [2.45, 2.75) is 78.6 Å². The number of rotatable bonds is 4. The summed E-state index contributed by atoms with van der Waals surface area (Å²) in [4.78, 5) is 14.2. The van der Waals surface area contributed by atoms with Crippen LogP contribution >= 0.6 is 0 Å². The van der Waals surface area contributed by atoms with E-state index >= 15 is 0 Å². The molecule has 5 rings (SSSR count). The van der Waals surface area contributed by atoms with Gasteiger partial charge >= 0.3 is 0 Å². The highest BCUT2D eigenvalue weighted by Crippen LogP contribution is 2.40. The van der Waals surface area contributed by atoms with Crippen molar-refractivity contribution >= 4 is 23.0 Å². The zero-order valence-corrected chi connectivity index (χ0v) is 26.2. The topological polar surface area (TPSA) is 71.5 Å². The minimum Gasteiger partial charge on any atom is -0.507 e. The zero-order valence-electron chi connectivity index (χ0n) is 26.2. The van der Waals surface area contributed by atoms with Gasteiger partial charge in [-0.15, -0.1) is 0 Å². The second-order valence-corrected chi connectivity index (χ2v) is 14.1. The molecule has 0 radical (unpaired) electrons. The van der Waals surface area contributed by atoms with E-state index in [1.54, 1.807) is 12.4 Å². The minimum atomic E-state index is -0.220. The second-order valence-electron chi connectivity index (χ2n) is 14.1. The second kappa shape index (κ2) is 10.5. The average Bonchev–Trinajstić information content (AvgIpc) is 3.35. The Hall–Kier alpha value is -4.25. The molecule has 0 aliphatic heterocycles. The molecule has 0 amide bonds. The molecule has 2 heterocycles. The van der Waals surface area contributed by atoms with Gasteiger partial charge in [0, 0.05) is 40.9 Å². The van der Waals surface area contributed by atoms with Crippen LogP contribution < -0.4 is 0 Å².